The van der Waals surface area contributed by atoms with E-state index in [1.54, 1.807) is 11.1 Å². The lowest BCUT2D eigenvalue weighted by Gasteiger charge is -2.35. The molecule has 0 heteroatoms. The highest BCUT2D eigenvalue weighted by Gasteiger charge is 2.28. The second kappa shape index (κ2) is 4.38. The van der Waals surface area contributed by atoms with Crippen LogP contribution >= 0.6 is 0 Å². The molecule has 0 spiro atoms. The second-order valence-corrected chi connectivity index (χ2v) is 5.36. The number of hydrogen-bond donors (Lipinski definition) is 0. The molecular weight excluding hydrogens is 180 g/mol. The third-order valence-corrected chi connectivity index (χ3v) is 3.87. The van der Waals surface area contributed by atoms with Crippen LogP contribution in [0.15, 0.2) is 24.3 Å². The van der Waals surface area contributed by atoms with Crippen LogP contribution in [0.1, 0.15) is 50.7 Å². The molecule has 2 rings (SSSR count). The quantitative estimate of drug-likeness (QED) is 0.682. The lowest BCUT2D eigenvalue weighted by molar-refractivity contribution is 0.248. The Morgan fingerprint density at radius 2 is 1.93 bits per heavy atom. The fourth-order valence-electron chi connectivity index (χ4n) is 2.78. The highest BCUT2D eigenvalue weighted by atomic mass is 14.3. The molecule has 0 N–H and O–H groups in total. The van der Waals surface area contributed by atoms with Crippen molar-refractivity contribution in [1.29, 1.82) is 0 Å². The van der Waals surface area contributed by atoms with Gasteiger partial charge in [0.05, 0.1) is 0 Å². The first kappa shape index (κ1) is 10.7. The van der Waals surface area contributed by atoms with Crippen LogP contribution in [0.25, 0.3) is 0 Å². The second-order valence-electron chi connectivity index (χ2n) is 5.36. The van der Waals surface area contributed by atoms with Crippen LogP contribution in [0.5, 0.6) is 0 Å². The van der Waals surface area contributed by atoms with Crippen LogP contribution in [-0.4, -0.2) is 0 Å². The summed E-state index contributed by atoms with van der Waals surface area (Å²) in [5.41, 5.74) is 3.76. The van der Waals surface area contributed by atoms with E-state index in [-0.39, 0.29) is 0 Å². The summed E-state index contributed by atoms with van der Waals surface area (Å²) < 4.78 is 0. The summed E-state index contributed by atoms with van der Waals surface area (Å²) in [6.45, 7) is 4.76. The SMILES string of the molecule is CCCC[C@]1(C)CCc2ccccc2C1. The maximum atomic E-state index is 2.47. The Labute approximate surface area is 93.7 Å². The lowest BCUT2D eigenvalue weighted by atomic mass is 9.70. The van der Waals surface area contributed by atoms with Gasteiger partial charge in [0.2, 0.25) is 0 Å². The Morgan fingerprint density at radius 1 is 1.20 bits per heavy atom. The summed E-state index contributed by atoms with van der Waals surface area (Å²) in [6, 6.07) is 8.98. The number of hydrogen-bond acceptors (Lipinski definition) is 0. The molecule has 15 heavy (non-hydrogen) atoms. The van der Waals surface area contributed by atoms with E-state index in [1.807, 2.05) is 0 Å². The number of unbranched alkanes of at least 4 members (excludes halogenated alkanes) is 1. The van der Waals surface area contributed by atoms with E-state index in [2.05, 4.69) is 38.1 Å². The summed E-state index contributed by atoms with van der Waals surface area (Å²) in [7, 11) is 0. The van der Waals surface area contributed by atoms with Gasteiger partial charge >= 0.3 is 0 Å². The van der Waals surface area contributed by atoms with Crippen molar-refractivity contribution in [3.8, 4) is 0 Å². The van der Waals surface area contributed by atoms with E-state index in [9.17, 15) is 0 Å². The molecule has 1 aromatic rings. The summed E-state index contributed by atoms with van der Waals surface area (Å²) in [5, 5.41) is 0. The third kappa shape index (κ3) is 2.42. The van der Waals surface area contributed by atoms with Crippen LogP contribution in [0.3, 0.4) is 0 Å². The van der Waals surface area contributed by atoms with Crippen molar-refractivity contribution in [3.05, 3.63) is 35.4 Å². The molecule has 0 saturated carbocycles. The molecule has 0 saturated heterocycles. The van der Waals surface area contributed by atoms with Crippen molar-refractivity contribution < 1.29 is 0 Å². The summed E-state index contributed by atoms with van der Waals surface area (Å²) in [6.07, 6.45) is 8.08. The van der Waals surface area contributed by atoms with Gasteiger partial charge in [0.15, 0.2) is 0 Å². The van der Waals surface area contributed by atoms with Gasteiger partial charge in [-0.1, -0.05) is 51.0 Å². The molecule has 0 heterocycles. The van der Waals surface area contributed by atoms with Crippen molar-refractivity contribution in [2.24, 2.45) is 5.41 Å². The van der Waals surface area contributed by atoms with E-state index in [0.717, 1.165) is 0 Å². The monoisotopic (exact) mass is 202 g/mol. The first-order chi connectivity index (χ1) is 7.23. The Kier molecular flexibility index (Phi) is 3.14. The van der Waals surface area contributed by atoms with Crippen LogP contribution in [0.2, 0.25) is 0 Å². The predicted octanol–water partition coefficient (Wildman–Crippen LogP) is 4.37. The topological polar surface area (TPSA) is 0 Å². The molecule has 1 aliphatic carbocycles. The molecule has 0 bridgehead atoms. The third-order valence-electron chi connectivity index (χ3n) is 3.87. The molecule has 0 aliphatic heterocycles. The molecule has 1 atom stereocenters. The standard InChI is InChI=1S/C15H22/c1-3-4-10-15(2)11-9-13-7-5-6-8-14(13)12-15/h5-8H,3-4,9-12H2,1-2H3/t15-/m1/s1. The number of rotatable bonds is 3. The zero-order chi connectivity index (χ0) is 10.7. The Hall–Kier alpha value is -0.780. The van der Waals surface area contributed by atoms with E-state index < -0.39 is 0 Å². The summed E-state index contributed by atoms with van der Waals surface area (Å²) in [4.78, 5) is 0. The summed E-state index contributed by atoms with van der Waals surface area (Å²) in [5.74, 6) is 0. The van der Waals surface area contributed by atoms with Gasteiger partial charge in [0.1, 0.15) is 0 Å². The lowest BCUT2D eigenvalue weighted by Crippen LogP contribution is -2.25. The van der Waals surface area contributed by atoms with Crippen molar-refractivity contribution in [1.82, 2.24) is 0 Å². The maximum Gasteiger partial charge on any atom is -0.0222 e. The van der Waals surface area contributed by atoms with Crippen LogP contribution in [0, 0.1) is 5.41 Å². The van der Waals surface area contributed by atoms with E-state index in [4.69, 9.17) is 0 Å². The zero-order valence-electron chi connectivity index (χ0n) is 10.1. The van der Waals surface area contributed by atoms with Crippen LogP contribution < -0.4 is 0 Å². The molecule has 1 aliphatic rings. The van der Waals surface area contributed by atoms with Gasteiger partial charge in [-0.25, -0.2) is 0 Å². The van der Waals surface area contributed by atoms with Gasteiger partial charge in [-0.15, -0.1) is 0 Å². The van der Waals surface area contributed by atoms with E-state index in [0.29, 0.717) is 5.41 Å². The van der Waals surface area contributed by atoms with Crippen molar-refractivity contribution >= 4 is 0 Å². The van der Waals surface area contributed by atoms with E-state index in [1.165, 1.54) is 38.5 Å². The van der Waals surface area contributed by atoms with Crippen molar-refractivity contribution in [2.75, 3.05) is 0 Å². The van der Waals surface area contributed by atoms with Gasteiger partial charge in [0.25, 0.3) is 0 Å². The van der Waals surface area contributed by atoms with Crippen molar-refractivity contribution in [3.63, 3.8) is 0 Å². The largest absolute Gasteiger partial charge is 0.0654 e. The first-order valence-electron chi connectivity index (χ1n) is 6.30. The fourth-order valence-corrected chi connectivity index (χ4v) is 2.78. The van der Waals surface area contributed by atoms with Gasteiger partial charge in [-0.05, 0) is 42.2 Å². The Bertz CT molecular complexity index is 327. The number of benzene rings is 1. The molecule has 0 amide bonds. The predicted molar refractivity (Wildman–Crippen MR) is 66.1 cm³/mol. The number of aryl methyl sites for hydroxylation is 1. The normalized spacial score (nSPS) is 24.9. The highest BCUT2D eigenvalue weighted by molar-refractivity contribution is 5.30. The van der Waals surface area contributed by atoms with Crippen molar-refractivity contribution in [2.45, 2.75) is 52.4 Å². The minimum absolute atomic E-state index is 0.574. The molecule has 1 aromatic carbocycles. The Morgan fingerprint density at radius 3 is 2.67 bits per heavy atom. The minimum Gasteiger partial charge on any atom is -0.0654 e. The molecular formula is C15H22. The van der Waals surface area contributed by atoms with E-state index >= 15 is 0 Å². The number of fused-ring (bicyclic) bond motifs is 1. The molecule has 82 valence electrons. The molecule has 0 aromatic heterocycles. The average Bonchev–Trinajstić information content (AvgIpc) is 2.26. The zero-order valence-corrected chi connectivity index (χ0v) is 10.1. The molecule has 0 fully saturated rings. The highest BCUT2D eigenvalue weighted by Crippen LogP contribution is 2.38. The molecule has 0 radical (unpaired) electrons. The van der Waals surface area contributed by atoms with Gasteiger partial charge < -0.3 is 0 Å². The maximum absolute atomic E-state index is 2.47. The Balaban J connectivity index is 2.10. The smallest absolute Gasteiger partial charge is 0.0222 e. The molecule has 0 unspecified atom stereocenters. The van der Waals surface area contributed by atoms with Crippen LogP contribution in [0.4, 0.5) is 0 Å². The summed E-state index contributed by atoms with van der Waals surface area (Å²) >= 11 is 0. The minimum atomic E-state index is 0.574. The fraction of sp³-hybridized carbons (Fsp3) is 0.600. The van der Waals surface area contributed by atoms with Gasteiger partial charge in [0, 0.05) is 0 Å². The molecule has 0 nitrogen and oxygen atoms in total. The first-order valence-corrected chi connectivity index (χ1v) is 6.30. The van der Waals surface area contributed by atoms with Crippen LogP contribution in [-0.2, 0) is 12.8 Å². The van der Waals surface area contributed by atoms with Gasteiger partial charge in [-0.3, -0.25) is 0 Å². The average molecular weight is 202 g/mol. The van der Waals surface area contributed by atoms with Gasteiger partial charge in [-0.2, -0.15) is 0 Å².